The van der Waals surface area contributed by atoms with Crippen LogP contribution in [0.1, 0.15) is 42.6 Å². The summed E-state index contributed by atoms with van der Waals surface area (Å²) < 4.78 is 33.8. The number of carbonyl (C=O) groups is 1. The fraction of sp³-hybridized carbons (Fsp3) is 0.615. The first-order chi connectivity index (χ1) is 9.68. The van der Waals surface area contributed by atoms with Crippen LogP contribution in [0.3, 0.4) is 0 Å². The lowest BCUT2D eigenvalue weighted by Crippen LogP contribution is -2.35. The lowest BCUT2D eigenvalue weighted by molar-refractivity contribution is -0.0855. The summed E-state index contributed by atoms with van der Waals surface area (Å²) in [6, 6.07) is 0. The van der Waals surface area contributed by atoms with E-state index >= 15 is 0 Å². The third-order valence-corrected chi connectivity index (χ3v) is 6.67. The second-order valence-corrected chi connectivity index (χ2v) is 8.90. The van der Waals surface area contributed by atoms with Gasteiger partial charge in [-0.15, -0.1) is 11.3 Å². The van der Waals surface area contributed by atoms with Crippen molar-refractivity contribution in [2.24, 2.45) is 0 Å². The smallest absolute Gasteiger partial charge is 0.339 e. The highest BCUT2D eigenvalue weighted by Gasteiger charge is 2.29. The van der Waals surface area contributed by atoms with E-state index in [9.17, 15) is 13.2 Å². The second-order valence-electron chi connectivity index (χ2n) is 5.26. The van der Waals surface area contributed by atoms with Crippen molar-refractivity contribution in [1.29, 1.82) is 0 Å². The highest BCUT2D eigenvalue weighted by molar-refractivity contribution is 8.15. The molecule has 0 aliphatic carbocycles. The number of thiophene rings is 1. The van der Waals surface area contributed by atoms with Crippen molar-refractivity contribution >= 4 is 37.0 Å². The van der Waals surface area contributed by atoms with Crippen LogP contribution in [-0.2, 0) is 18.5 Å². The van der Waals surface area contributed by atoms with Gasteiger partial charge in [0.1, 0.15) is 10.3 Å². The number of halogens is 1. The zero-order chi connectivity index (χ0) is 15.8. The van der Waals surface area contributed by atoms with Gasteiger partial charge in [0.25, 0.3) is 9.05 Å². The first-order valence-electron chi connectivity index (χ1n) is 6.57. The van der Waals surface area contributed by atoms with Gasteiger partial charge in [0, 0.05) is 28.9 Å². The molecule has 21 heavy (non-hydrogen) atoms. The molecular formula is C13H17ClO5S2. The molecule has 118 valence electrons. The fourth-order valence-electron chi connectivity index (χ4n) is 2.50. The molecule has 0 spiro atoms. The summed E-state index contributed by atoms with van der Waals surface area (Å²) in [6.45, 7) is 5.42. The maximum absolute atomic E-state index is 12.2. The molecular weight excluding hydrogens is 336 g/mol. The molecule has 0 saturated carbocycles. The van der Waals surface area contributed by atoms with Crippen molar-refractivity contribution in [2.45, 2.75) is 56.1 Å². The minimum Gasteiger partial charge on any atom is -0.459 e. The van der Waals surface area contributed by atoms with Gasteiger partial charge >= 0.3 is 5.97 Å². The Morgan fingerprint density at radius 2 is 1.95 bits per heavy atom. The lowest BCUT2D eigenvalue weighted by atomic mass is 10.0. The molecule has 1 fully saturated rings. The van der Waals surface area contributed by atoms with Gasteiger partial charge in [-0.05, 0) is 26.3 Å². The van der Waals surface area contributed by atoms with E-state index in [4.69, 9.17) is 20.2 Å². The summed E-state index contributed by atoms with van der Waals surface area (Å²) in [5, 5.41) is 1.47. The molecule has 1 saturated heterocycles. The number of carbonyl (C=O) groups excluding carboxylic acids is 1. The van der Waals surface area contributed by atoms with Crippen molar-refractivity contribution in [1.82, 2.24) is 0 Å². The number of hydrogen-bond donors (Lipinski definition) is 0. The van der Waals surface area contributed by atoms with E-state index in [1.807, 2.05) is 13.8 Å². The molecule has 5 nitrogen and oxygen atoms in total. The monoisotopic (exact) mass is 352 g/mol. The molecule has 0 N–H and O–H groups in total. The first kappa shape index (κ1) is 16.7. The molecule has 8 heteroatoms. The Morgan fingerprint density at radius 3 is 2.43 bits per heavy atom. The molecule has 0 aromatic carbocycles. The van der Waals surface area contributed by atoms with Gasteiger partial charge in [-0.2, -0.15) is 0 Å². The van der Waals surface area contributed by atoms with Crippen molar-refractivity contribution in [3.63, 3.8) is 0 Å². The predicted molar refractivity (Wildman–Crippen MR) is 80.5 cm³/mol. The largest absolute Gasteiger partial charge is 0.459 e. The Morgan fingerprint density at radius 1 is 1.38 bits per heavy atom. The van der Waals surface area contributed by atoms with Crippen LogP contribution in [-0.4, -0.2) is 32.7 Å². The molecule has 2 unspecified atom stereocenters. The van der Waals surface area contributed by atoms with Gasteiger partial charge in [0.15, 0.2) is 0 Å². The SMILES string of the molecule is Cc1c(C(=O)OC2CC(C)OC(C)C2)csc1S(=O)(=O)Cl. The summed E-state index contributed by atoms with van der Waals surface area (Å²) in [5.41, 5.74) is 0.596. The average Bonchev–Trinajstić information content (AvgIpc) is 2.69. The van der Waals surface area contributed by atoms with Gasteiger partial charge in [-0.1, -0.05) is 0 Å². The molecule has 1 aliphatic rings. The standard InChI is InChI=1S/C13H17ClO5S2/c1-7-4-10(5-8(2)18-7)19-12(15)11-6-20-13(9(11)3)21(14,16)17/h6-8,10H,4-5H2,1-3H3. The van der Waals surface area contributed by atoms with Gasteiger partial charge in [-0.25, -0.2) is 13.2 Å². The average molecular weight is 353 g/mol. The number of esters is 1. The lowest BCUT2D eigenvalue weighted by Gasteiger charge is -2.31. The molecule has 0 bridgehead atoms. The van der Waals surface area contributed by atoms with Crippen LogP contribution in [0.4, 0.5) is 0 Å². The van der Waals surface area contributed by atoms with Gasteiger partial charge in [0.2, 0.25) is 0 Å². The third-order valence-electron chi connectivity index (χ3n) is 3.36. The molecule has 2 heterocycles. The van der Waals surface area contributed by atoms with E-state index in [-0.39, 0.29) is 28.1 Å². The van der Waals surface area contributed by atoms with Gasteiger partial charge in [-0.3, -0.25) is 0 Å². The molecule has 1 aliphatic heterocycles. The molecule has 0 amide bonds. The summed E-state index contributed by atoms with van der Waals surface area (Å²) in [5.74, 6) is -0.512. The van der Waals surface area contributed by atoms with Crippen LogP contribution in [0.15, 0.2) is 9.59 Å². The summed E-state index contributed by atoms with van der Waals surface area (Å²) in [7, 11) is 1.49. The topological polar surface area (TPSA) is 69.7 Å². The van der Waals surface area contributed by atoms with Crippen LogP contribution in [0.5, 0.6) is 0 Å². The van der Waals surface area contributed by atoms with Crippen molar-refractivity contribution in [3.05, 3.63) is 16.5 Å². The summed E-state index contributed by atoms with van der Waals surface area (Å²) in [6.07, 6.45) is 1.13. The van der Waals surface area contributed by atoms with Crippen molar-refractivity contribution in [3.8, 4) is 0 Å². The van der Waals surface area contributed by atoms with E-state index in [0.29, 0.717) is 18.4 Å². The Labute approximate surface area is 132 Å². The second kappa shape index (κ2) is 6.24. The molecule has 0 radical (unpaired) electrons. The van der Waals surface area contributed by atoms with E-state index in [2.05, 4.69) is 0 Å². The molecule has 2 rings (SSSR count). The van der Waals surface area contributed by atoms with E-state index < -0.39 is 15.0 Å². The highest BCUT2D eigenvalue weighted by atomic mass is 35.7. The molecule has 1 aromatic rings. The first-order valence-corrected chi connectivity index (χ1v) is 9.76. The Hall–Kier alpha value is -0.630. The number of rotatable bonds is 3. The van der Waals surface area contributed by atoms with Crippen LogP contribution >= 0.6 is 22.0 Å². The predicted octanol–water partition coefficient (Wildman–Crippen LogP) is 3.10. The highest BCUT2D eigenvalue weighted by Crippen LogP contribution is 2.31. The molecule has 1 aromatic heterocycles. The maximum atomic E-state index is 12.2. The van der Waals surface area contributed by atoms with Crippen molar-refractivity contribution < 1.29 is 22.7 Å². The van der Waals surface area contributed by atoms with Gasteiger partial charge in [0.05, 0.1) is 17.8 Å². The Bertz CT molecular complexity index is 627. The molecule has 2 atom stereocenters. The maximum Gasteiger partial charge on any atom is 0.339 e. The third kappa shape index (κ3) is 3.97. The summed E-state index contributed by atoms with van der Waals surface area (Å²) in [4.78, 5) is 12.2. The zero-order valence-corrected chi connectivity index (χ0v) is 14.3. The minimum absolute atomic E-state index is 0.00942. The Kier molecular flexibility index (Phi) is 4.97. The van der Waals surface area contributed by atoms with E-state index in [1.165, 1.54) is 5.38 Å². The fourth-order valence-corrected chi connectivity index (χ4v) is 5.04. The van der Waals surface area contributed by atoms with Crippen LogP contribution in [0.25, 0.3) is 0 Å². The normalized spacial score (nSPS) is 26.6. The minimum atomic E-state index is -3.83. The summed E-state index contributed by atoms with van der Waals surface area (Å²) >= 11 is 0.929. The number of hydrogen-bond acceptors (Lipinski definition) is 6. The van der Waals surface area contributed by atoms with E-state index in [1.54, 1.807) is 6.92 Å². The Balaban J connectivity index is 2.13. The van der Waals surface area contributed by atoms with Crippen molar-refractivity contribution in [2.75, 3.05) is 0 Å². The van der Waals surface area contributed by atoms with Crippen LogP contribution in [0, 0.1) is 6.92 Å². The zero-order valence-electron chi connectivity index (χ0n) is 12.0. The number of ether oxygens (including phenoxy) is 2. The quantitative estimate of drug-likeness (QED) is 0.617. The van der Waals surface area contributed by atoms with E-state index in [0.717, 1.165) is 11.3 Å². The van der Waals surface area contributed by atoms with Gasteiger partial charge < -0.3 is 9.47 Å². The van der Waals surface area contributed by atoms with Crippen LogP contribution < -0.4 is 0 Å². The van der Waals surface area contributed by atoms with Crippen LogP contribution in [0.2, 0.25) is 0 Å².